The molecule has 0 saturated carbocycles. The molecule has 0 spiro atoms. The lowest BCUT2D eigenvalue weighted by atomic mass is 9.81. The van der Waals surface area contributed by atoms with Crippen molar-refractivity contribution in [2.24, 2.45) is 11.8 Å². The SMILES string of the molecule is CN1CC(Cc2cccc(Cl)c2)C(=O)C(Cc2cccc(Cl)c2)C1. The van der Waals surface area contributed by atoms with Crippen LogP contribution < -0.4 is 0 Å². The molecule has 126 valence electrons. The van der Waals surface area contributed by atoms with Crippen molar-refractivity contribution in [1.82, 2.24) is 4.90 Å². The van der Waals surface area contributed by atoms with Crippen LogP contribution >= 0.6 is 23.2 Å². The van der Waals surface area contributed by atoms with Gasteiger partial charge in [-0.1, -0.05) is 47.5 Å². The van der Waals surface area contributed by atoms with Gasteiger partial charge in [0.2, 0.25) is 0 Å². The molecule has 1 aliphatic heterocycles. The third-order valence-corrected chi connectivity index (χ3v) is 5.08. The van der Waals surface area contributed by atoms with Crippen LogP contribution in [0.25, 0.3) is 0 Å². The number of piperidine rings is 1. The minimum absolute atomic E-state index is 0.0198. The van der Waals surface area contributed by atoms with Crippen LogP contribution in [0, 0.1) is 11.8 Å². The Kier molecular flexibility index (Phi) is 5.60. The highest BCUT2D eigenvalue weighted by atomic mass is 35.5. The van der Waals surface area contributed by atoms with Crippen molar-refractivity contribution >= 4 is 29.0 Å². The predicted molar refractivity (Wildman–Crippen MR) is 99.8 cm³/mol. The molecule has 1 heterocycles. The van der Waals surface area contributed by atoms with Gasteiger partial charge in [0.1, 0.15) is 5.78 Å². The molecular weight excluding hydrogens is 341 g/mol. The molecule has 0 aromatic heterocycles. The lowest BCUT2D eigenvalue weighted by Gasteiger charge is -2.34. The molecule has 2 aromatic carbocycles. The van der Waals surface area contributed by atoms with Gasteiger partial charge in [-0.3, -0.25) is 4.79 Å². The van der Waals surface area contributed by atoms with E-state index in [9.17, 15) is 4.79 Å². The fourth-order valence-corrected chi connectivity index (χ4v) is 3.99. The summed E-state index contributed by atoms with van der Waals surface area (Å²) >= 11 is 12.1. The van der Waals surface area contributed by atoms with E-state index >= 15 is 0 Å². The zero-order valence-corrected chi connectivity index (χ0v) is 15.2. The van der Waals surface area contributed by atoms with Gasteiger partial charge >= 0.3 is 0 Å². The Labute approximate surface area is 153 Å². The molecule has 0 radical (unpaired) electrons. The summed E-state index contributed by atoms with van der Waals surface area (Å²) in [5, 5.41) is 1.44. The van der Waals surface area contributed by atoms with Crippen LogP contribution in [0.4, 0.5) is 0 Å². The molecule has 0 amide bonds. The topological polar surface area (TPSA) is 20.3 Å². The number of hydrogen-bond donors (Lipinski definition) is 0. The average molecular weight is 362 g/mol. The van der Waals surface area contributed by atoms with Crippen molar-refractivity contribution in [2.45, 2.75) is 12.8 Å². The van der Waals surface area contributed by atoms with Gasteiger partial charge < -0.3 is 4.90 Å². The van der Waals surface area contributed by atoms with Gasteiger partial charge in [-0.2, -0.15) is 0 Å². The van der Waals surface area contributed by atoms with Crippen LogP contribution in [-0.4, -0.2) is 30.8 Å². The quantitative estimate of drug-likeness (QED) is 0.797. The second kappa shape index (κ2) is 7.69. The Bertz CT molecular complexity index is 672. The fourth-order valence-electron chi connectivity index (χ4n) is 3.57. The van der Waals surface area contributed by atoms with Gasteiger partial charge in [-0.15, -0.1) is 0 Å². The molecule has 1 saturated heterocycles. The Balaban J connectivity index is 1.73. The number of likely N-dealkylation sites (tertiary alicyclic amines) is 1. The van der Waals surface area contributed by atoms with E-state index in [4.69, 9.17) is 23.2 Å². The number of Topliss-reactive ketones (excluding diaryl/α,β-unsaturated/α-hetero) is 1. The molecule has 2 aromatic rings. The minimum Gasteiger partial charge on any atom is -0.305 e. The summed E-state index contributed by atoms with van der Waals surface area (Å²) in [6, 6.07) is 15.6. The maximum atomic E-state index is 13.0. The number of rotatable bonds is 4. The molecule has 2 atom stereocenters. The highest BCUT2D eigenvalue weighted by Gasteiger charge is 2.33. The van der Waals surface area contributed by atoms with Crippen LogP contribution in [0.15, 0.2) is 48.5 Å². The van der Waals surface area contributed by atoms with Crippen LogP contribution in [0.5, 0.6) is 0 Å². The number of ketones is 1. The summed E-state index contributed by atoms with van der Waals surface area (Å²) in [4.78, 5) is 15.2. The lowest BCUT2D eigenvalue weighted by Crippen LogP contribution is -2.46. The van der Waals surface area contributed by atoms with Gasteiger partial charge in [0.05, 0.1) is 0 Å². The largest absolute Gasteiger partial charge is 0.305 e. The van der Waals surface area contributed by atoms with Crippen LogP contribution in [0.2, 0.25) is 10.0 Å². The standard InChI is InChI=1S/C20H21Cl2NO/c1-23-12-16(8-14-4-2-6-18(21)10-14)20(24)17(13-23)9-15-5-3-7-19(22)11-15/h2-7,10-11,16-17H,8-9,12-13H2,1H3. The van der Waals surface area contributed by atoms with Crippen molar-refractivity contribution in [1.29, 1.82) is 0 Å². The first-order valence-electron chi connectivity index (χ1n) is 8.22. The van der Waals surface area contributed by atoms with E-state index in [0.29, 0.717) is 5.78 Å². The Morgan fingerprint density at radius 1 is 0.917 bits per heavy atom. The van der Waals surface area contributed by atoms with E-state index in [2.05, 4.69) is 11.9 Å². The lowest BCUT2D eigenvalue weighted by molar-refractivity contribution is -0.130. The molecule has 2 nitrogen and oxygen atoms in total. The zero-order valence-electron chi connectivity index (χ0n) is 13.7. The summed E-state index contributed by atoms with van der Waals surface area (Å²) in [6.07, 6.45) is 1.49. The molecule has 24 heavy (non-hydrogen) atoms. The first kappa shape index (κ1) is 17.5. The normalized spacial score (nSPS) is 21.9. The van der Waals surface area contributed by atoms with Gasteiger partial charge in [-0.05, 0) is 55.3 Å². The van der Waals surface area contributed by atoms with E-state index in [0.717, 1.165) is 47.1 Å². The number of carbonyl (C=O) groups excluding carboxylic acids is 1. The first-order chi connectivity index (χ1) is 11.5. The number of hydrogen-bond acceptors (Lipinski definition) is 2. The minimum atomic E-state index is 0.0198. The average Bonchev–Trinajstić information content (AvgIpc) is 2.52. The third kappa shape index (κ3) is 4.38. The van der Waals surface area contributed by atoms with E-state index in [1.165, 1.54) is 0 Å². The molecule has 3 rings (SSSR count). The highest BCUT2D eigenvalue weighted by molar-refractivity contribution is 6.30. The Hall–Kier alpha value is -1.35. The summed E-state index contributed by atoms with van der Waals surface area (Å²) in [5.41, 5.74) is 2.25. The van der Waals surface area contributed by atoms with Crippen molar-refractivity contribution in [3.8, 4) is 0 Å². The second-order valence-corrected chi connectivity index (χ2v) is 7.56. The molecule has 0 bridgehead atoms. The van der Waals surface area contributed by atoms with E-state index in [1.54, 1.807) is 0 Å². The Morgan fingerprint density at radius 3 is 1.79 bits per heavy atom. The van der Waals surface area contributed by atoms with Gasteiger partial charge in [0, 0.05) is 35.0 Å². The maximum absolute atomic E-state index is 13.0. The third-order valence-electron chi connectivity index (χ3n) is 4.61. The molecule has 2 unspecified atom stereocenters. The highest BCUT2D eigenvalue weighted by Crippen LogP contribution is 2.25. The summed E-state index contributed by atoms with van der Waals surface area (Å²) in [6.45, 7) is 1.61. The molecule has 1 aliphatic rings. The van der Waals surface area contributed by atoms with Crippen molar-refractivity contribution < 1.29 is 4.79 Å². The van der Waals surface area contributed by atoms with Crippen LogP contribution in [0.3, 0.4) is 0 Å². The summed E-state index contributed by atoms with van der Waals surface area (Å²) in [5.74, 6) is 0.394. The summed E-state index contributed by atoms with van der Waals surface area (Å²) in [7, 11) is 2.09. The van der Waals surface area contributed by atoms with E-state index in [-0.39, 0.29) is 11.8 Å². The van der Waals surface area contributed by atoms with Crippen LogP contribution in [0.1, 0.15) is 11.1 Å². The van der Waals surface area contributed by atoms with E-state index in [1.807, 2.05) is 48.5 Å². The van der Waals surface area contributed by atoms with Gasteiger partial charge in [0.15, 0.2) is 0 Å². The molecule has 0 N–H and O–H groups in total. The smallest absolute Gasteiger partial charge is 0.142 e. The first-order valence-corrected chi connectivity index (χ1v) is 8.98. The monoisotopic (exact) mass is 361 g/mol. The molecular formula is C20H21Cl2NO. The maximum Gasteiger partial charge on any atom is 0.142 e. The number of nitrogens with zero attached hydrogens (tertiary/aromatic N) is 1. The van der Waals surface area contributed by atoms with Crippen molar-refractivity contribution in [3.63, 3.8) is 0 Å². The molecule has 1 fully saturated rings. The fraction of sp³-hybridized carbons (Fsp3) is 0.350. The number of carbonyl (C=O) groups is 1. The van der Waals surface area contributed by atoms with E-state index < -0.39 is 0 Å². The number of benzene rings is 2. The van der Waals surface area contributed by atoms with Crippen molar-refractivity contribution in [3.05, 3.63) is 69.7 Å². The van der Waals surface area contributed by atoms with Gasteiger partial charge in [0.25, 0.3) is 0 Å². The Morgan fingerprint density at radius 2 is 1.38 bits per heavy atom. The molecule has 0 aliphatic carbocycles. The summed E-state index contributed by atoms with van der Waals surface area (Å²) < 4.78 is 0. The number of halogens is 2. The van der Waals surface area contributed by atoms with Crippen LogP contribution in [-0.2, 0) is 17.6 Å². The van der Waals surface area contributed by atoms with Gasteiger partial charge in [-0.25, -0.2) is 0 Å². The zero-order chi connectivity index (χ0) is 17.1. The second-order valence-electron chi connectivity index (χ2n) is 6.69. The molecule has 4 heteroatoms. The van der Waals surface area contributed by atoms with Crippen molar-refractivity contribution in [2.75, 3.05) is 20.1 Å². The predicted octanol–water partition coefficient (Wildman–Crippen LogP) is 4.53.